The Kier molecular flexibility index (Phi) is 24.5. The van der Waals surface area contributed by atoms with Crippen LogP contribution < -0.4 is 0 Å². The van der Waals surface area contributed by atoms with E-state index in [1.807, 2.05) is 0 Å². The second-order valence-corrected chi connectivity index (χ2v) is 2.39. The first-order chi connectivity index (χ1) is 3.73. The molecule has 0 aromatic rings. The Labute approximate surface area is 108 Å². The molecule has 0 rings (SSSR count). The van der Waals surface area contributed by atoms with Gasteiger partial charge in [-0.3, -0.25) is 4.46 Å². The molecule has 7 nitrogen and oxygen atoms in total. The Morgan fingerprint density at radius 2 is 1.00 bits per heavy atom. The molecule has 0 unspecified atom stereocenters. The van der Waals surface area contributed by atoms with E-state index in [9.17, 15) is 0 Å². The van der Waals surface area contributed by atoms with E-state index in [1.165, 1.54) is 0 Å². The molecule has 0 fully saturated rings. The summed E-state index contributed by atoms with van der Waals surface area (Å²) in [4.78, 5) is 35.9. The predicted molar refractivity (Wildman–Crippen MR) is 39.4 cm³/mol. The van der Waals surface area contributed by atoms with Gasteiger partial charge in [0.25, 0.3) is 0 Å². The first-order valence-electron chi connectivity index (χ1n) is 1.43. The van der Waals surface area contributed by atoms with Gasteiger partial charge in [0, 0.05) is 0 Å². The van der Waals surface area contributed by atoms with Crippen LogP contribution in [0, 0.1) is 0 Å². The summed E-state index contributed by atoms with van der Waals surface area (Å²) in [6, 6.07) is 0. The molecule has 0 saturated heterocycles. The fourth-order valence-corrected chi connectivity index (χ4v) is 0. The normalized spacial score (nSPS) is 7.55. The molecule has 11 heteroatoms. The third-order valence-corrected chi connectivity index (χ3v) is 0. The Morgan fingerprint density at radius 1 is 1.00 bits per heavy atom. The van der Waals surface area contributed by atoms with Gasteiger partial charge in [-0.2, -0.15) is 0 Å². The van der Waals surface area contributed by atoms with Crippen LogP contribution >= 0.6 is 7.82 Å². The molecule has 0 amide bonds. The van der Waals surface area contributed by atoms with Gasteiger partial charge in [0.15, 0.2) is 0 Å². The van der Waals surface area contributed by atoms with Crippen molar-refractivity contribution in [3.8, 4) is 0 Å². The average molecular weight is 224 g/mol. The molecule has 0 aliphatic carbocycles. The fourth-order valence-electron chi connectivity index (χ4n) is 0. The van der Waals surface area contributed by atoms with Crippen LogP contribution in [0.15, 0.2) is 0 Å². The molecular formula is H7Na2O7PSi. The summed E-state index contributed by atoms with van der Waals surface area (Å²) < 4.78 is 17.6. The summed E-state index contributed by atoms with van der Waals surface area (Å²) in [5.41, 5.74) is 0. The van der Waals surface area contributed by atoms with Gasteiger partial charge in [-0.15, -0.1) is 0 Å². The number of phosphoric acid groups is 1. The topological polar surface area (TPSA) is 135 Å². The molecule has 60 valence electrons. The SMILES string of the molecule is O=P(O)(O)O.O=[Si](O)O.[NaH].[NaH]. The van der Waals surface area contributed by atoms with Crippen LogP contribution in [-0.4, -0.2) is 92.6 Å². The maximum atomic E-state index is 8.88. The van der Waals surface area contributed by atoms with Crippen molar-refractivity contribution in [2.45, 2.75) is 0 Å². The number of hydrogen-bond acceptors (Lipinski definition) is 2. The molecule has 11 heavy (non-hydrogen) atoms. The van der Waals surface area contributed by atoms with E-state index in [0.717, 1.165) is 0 Å². The van der Waals surface area contributed by atoms with Crippen LogP contribution in [0.25, 0.3) is 0 Å². The van der Waals surface area contributed by atoms with E-state index in [0.29, 0.717) is 0 Å². The van der Waals surface area contributed by atoms with Crippen molar-refractivity contribution in [3.63, 3.8) is 0 Å². The Balaban J connectivity index is -0.0000000383. The fraction of sp³-hybridized carbons (Fsp3) is 0. The Hall–Kier alpha value is 1.73. The van der Waals surface area contributed by atoms with Gasteiger partial charge in [0.05, 0.1) is 0 Å². The second kappa shape index (κ2) is 11.7. The molecule has 0 aliphatic heterocycles. The molecular weight excluding hydrogens is 217 g/mol. The summed E-state index contributed by atoms with van der Waals surface area (Å²) in [5.74, 6) is 0. The molecule has 0 saturated carbocycles. The third kappa shape index (κ3) is 372. The van der Waals surface area contributed by atoms with E-state index in [1.54, 1.807) is 0 Å². The molecule has 0 heterocycles. The first kappa shape index (κ1) is 23.0. The summed E-state index contributed by atoms with van der Waals surface area (Å²) in [5, 5.41) is 0. The van der Waals surface area contributed by atoms with Gasteiger partial charge in [0.2, 0.25) is 0 Å². The van der Waals surface area contributed by atoms with Gasteiger partial charge < -0.3 is 24.3 Å². The summed E-state index contributed by atoms with van der Waals surface area (Å²) in [7, 11) is -7.77. The van der Waals surface area contributed by atoms with Crippen molar-refractivity contribution in [3.05, 3.63) is 0 Å². The van der Waals surface area contributed by atoms with E-state index in [2.05, 4.69) is 0 Å². The van der Waals surface area contributed by atoms with Crippen molar-refractivity contribution in [2.75, 3.05) is 0 Å². The van der Waals surface area contributed by atoms with Crippen LogP contribution in [0.2, 0.25) is 0 Å². The minimum atomic E-state index is -4.64. The number of rotatable bonds is 0. The second-order valence-electron chi connectivity index (χ2n) is 0.796. The molecule has 0 radical (unpaired) electrons. The van der Waals surface area contributed by atoms with E-state index >= 15 is 0 Å². The molecule has 0 bridgehead atoms. The summed E-state index contributed by atoms with van der Waals surface area (Å²) in [6.45, 7) is 0. The molecule has 0 atom stereocenters. The van der Waals surface area contributed by atoms with Gasteiger partial charge in [0.1, 0.15) is 0 Å². The zero-order valence-electron chi connectivity index (χ0n) is 4.00. The van der Waals surface area contributed by atoms with E-state index in [4.69, 9.17) is 33.3 Å². The maximum absolute atomic E-state index is 8.88. The van der Waals surface area contributed by atoms with Crippen LogP contribution in [0.1, 0.15) is 0 Å². The third-order valence-electron chi connectivity index (χ3n) is 0. The molecule has 0 aromatic heterocycles. The van der Waals surface area contributed by atoms with Crippen molar-refractivity contribution < 1.29 is 33.3 Å². The van der Waals surface area contributed by atoms with Gasteiger partial charge in [-0.25, -0.2) is 4.57 Å². The quantitative estimate of drug-likeness (QED) is 0.210. The zero-order valence-corrected chi connectivity index (χ0v) is 5.89. The van der Waals surface area contributed by atoms with Gasteiger partial charge >= 0.3 is 76.1 Å². The van der Waals surface area contributed by atoms with Crippen molar-refractivity contribution in [1.82, 2.24) is 0 Å². The van der Waals surface area contributed by atoms with Crippen LogP contribution in [0.3, 0.4) is 0 Å². The van der Waals surface area contributed by atoms with Crippen LogP contribution in [0.4, 0.5) is 0 Å². The predicted octanol–water partition coefficient (Wildman–Crippen LogP) is -3.84. The van der Waals surface area contributed by atoms with E-state index in [-0.39, 0.29) is 59.1 Å². The van der Waals surface area contributed by atoms with Crippen molar-refractivity contribution in [1.29, 1.82) is 0 Å². The zero-order chi connectivity index (χ0) is 8.08. The molecule has 5 N–H and O–H groups in total. The standard InChI is InChI=1S/2Na.H3O4P.H2O3Si.2H/c;;1-5(2,3)4;1-4(2)3;;/h;;(H3,1,2,3,4);1-2H;;. The Bertz CT molecular complexity index is 116. The van der Waals surface area contributed by atoms with Crippen LogP contribution in [-0.2, 0) is 9.03 Å². The van der Waals surface area contributed by atoms with Crippen molar-refractivity contribution in [2.24, 2.45) is 0 Å². The molecule has 0 aliphatic rings. The molecule has 0 spiro atoms. The van der Waals surface area contributed by atoms with E-state index < -0.39 is 17.0 Å². The summed E-state index contributed by atoms with van der Waals surface area (Å²) >= 11 is 0. The average Bonchev–Trinajstić information content (AvgIpc) is 1.19. The first-order valence-corrected chi connectivity index (χ1v) is 4.30. The van der Waals surface area contributed by atoms with Crippen molar-refractivity contribution >= 4 is 76.1 Å². The molecule has 0 aromatic carbocycles. The minimum absolute atomic E-state index is 0. The monoisotopic (exact) mass is 224 g/mol. The van der Waals surface area contributed by atoms with Gasteiger partial charge in [-0.1, -0.05) is 0 Å². The number of hydrogen-bond donors (Lipinski definition) is 5. The van der Waals surface area contributed by atoms with Crippen LogP contribution in [0.5, 0.6) is 0 Å². The summed E-state index contributed by atoms with van der Waals surface area (Å²) in [6.07, 6.45) is 0. The van der Waals surface area contributed by atoms with Gasteiger partial charge in [-0.05, 0) is 0 Å². The Morgan fingerprint density at radius 3 is 1.00 bits per heavy atom.